The zero-order valence-corrected chi connectivity index (χ0v) is 17.0. The van der Waals surface area contributed by atoms with Crippen molar-refractivity contribution in [3.05, 3.63) is 48.0 Å². The Bertz CT molecular complexity index is 979. The van der Waals surface area contributed by atoms with Crippen LogP contribution in [0, 0.1) is 11.8 Å². The molecule has 2 aromatic rings. The monoisotopic (exact) mass is 408 g/mol. The smallest absolute Gasteiger partial charge is 0.255 e. The molecule has 0 radical (unpaired) electrons. The number of rotatable bonds is 5. The van der Waals surface area contributed by atoms with Crippen LogP contribution in [0.2, 0.25) is 0 Å². The molecular weight excluding hydrogens is 384 g/mol. The summed E-state index contributed by atoms with van der Waals surface area (Å²) in [5, 5.41) is 2.81. The Hall–Kier alpha value is -3.35. The molecule has 1 saturated heterocycles. The van der Waals surface area contributed by atoms with Crippen LogP contribution in [0.5, 0.6) is 11.5 Å². The number of nitrogens with zero attached hydrogens (tertiary/aromatic N) is 1. The highest BCUT2D eigenvalue weighted by molar-refractivity contribution is 6.22. The van der Waals surface area contributed by atoms with Gasteiger partial charge in [-0.2, -0.15) is 0 Å². The van der Waals surface area contributed by atoms with Gasteiger partial charge in [0.05, 0.1) is 37.4 Å². The van der Waals surface area contributed by atoms with Crippen LogP contribution in [0.4, 0.5) is 11.4 Å². The van der Waals surface area contributed by atoms with Crippen LogP contribution in [-0.4, -0.2) is 31.9 Å². The van der Waals surface area contributed by atoms with Gasteiger partial charge in [-0.25, -0.2) is 0 Å². The van der Waals surface area contributed by atoms with Crippen molar-refractivity contribution in [2.75, 3.05) is 24.4 Å². The van der Waals surface area contributed by atoms with E-state index in [9.17, 15) is 14.4 Å². The Kier molecular flexibility index (Phi) is 5.44. The maximum absolute atomic E-state index is 12.8. The topological polar surface area (TPSA) is 84.9 Å². The van der Waals surface area contributed by atoms with Crippen molar-refractivity contribution in [3.63, 3.8) is 0 Å². The van der Waals surface area contributed by atoms with Crippen LogP contribution in [0.25, 0.3) is 0 Å². The molecule has 3 amide bonds. The molecule has 0 aromatic heterocycles. The van der Waals surface area contributed by atoms with Crippen LogP contribution >= 0.6 is 0 Å². The van der Waals surface area contributed by atoms with Gasteiger partial charge in [-0.1, -0.05) is 18.9 Å². The maximum atomic E-state index is 12.8. The van der Waals surface area contributed by atoms with E-state index in [1.165, 1.54) is 12.0 Å². The molecule has 0 bridgehead atoms. The molecule has 1 N–H and O–H groups in total. The molecule has 7 nitrogen and oxygen atoms in total. The molecule has 0 spiro atoms. The number of carbonyl (C=O) groups excluding carboxylic acids is 3. The molecule has 1 heterocycles. The first-order valence-corrected chi connectivity index (χ1v) is 10.0. The number of carbonyl (C=O) groups is 3. The van der Waals surface area contributed by atoms with E-state index < -0.39 is 0 Å². The number of imide groups is 1. The van der Waals surface area contributed by atoms with Crippen molar-refractivity contribution in [1.82, 2.24) is 0 Å². The lowest BCUT2D eigenvalue weighted by Gasteiger charge is -2.19. The number of ether oxygens (including phenoxy) is 2. The summed E-state index contributed by atoms with van der Waals surface area (Å²) < 4.78 is 10.5. The van der Waals surface area contributed by atoms with Gasteiger partial charge < -0.3 is 14.8 Å². The van der Waals surface area contributed by atoms with Gasteiger partial charge in [-0.15, -0.1) is 0 Å². The van der Waals surface area contributed by atoms with Crippen LogP contribution in [0.1, 0.15) is 36.0 Å². The molecule has 156 valence electrons. The summed E-state index contributed by atoms with van der Waals surface area (Å²) in [6.07, 6.45) is 3.45. The zero-order valence-electron chi connectivity index (χ0n) is 17.0. The van der Waals surface area contributed by atoms with Gasteiger partial charge in [0.1, 0.15) is 11.5 Å². The van der Waals surface area contributed by atoms with Gasteiger partial charge in [-0.3, -0.25) is 19.3 Å². The minimum Gasteiger partial charge on any atom is -0.497 e. The maximum Gasteiger partial charge on any atom is 0.255 e. The third kappa shape index (κ3) is 3.51. The van der Waals surface area contributed by atoms with E-state index in [0.717, 1.165) is 25.7 Å². The van der Waals surface area contributed by atoms with E-state index in [2.05, 4.69) is 5.32 Å². The van der Waals surface area contributed by atoms with Crippen LogP contribution in [-0.2, 0) is 9.59 Å². The highest BCUT2D eigenvalue weighted by Gasteiger charge is 2.48. The third-order valence-electron chi connectivity index (χ3n) is 5.86. The number of benzene rings is 2. The standard InChI is InChI=1S/C23H24N2O5/c1-29-16-10-11-19(20(13-16)30-2)24-21(26)14-6-5-7-15(12-14)25-22(27)17-8-3-4-9-18(17)23(25)28/h5-7,10-13,17-18H,3-4,8-9H2,1-2H3,(H,24,26)/t17-,18-/m1/s1. The first kappa shape index (κ1) is 19.9. The Morgan fingerprint density at radius 2 is 1.67 bits per heavy atom. The number of hydrogen-bond donors (Lipinski definition) is 1. The van der Waals surface area contributed by atoms with E-state index in [1.807, 2.05) is 0 Å². The second-order valence-corrected chi connectivity index (χ2v) is 7.58. The van der Waals surface area contributed by atoms with Gasteiger partial charge >= 0.3 is 0 Å². The van der Waals surface area contributed by atoms with Crippen molar-refractivity contribution >= 4 is 29.1 Å². The third-order valence-corrected chi connectivity index (χ3v) is 5.86. The normalized spacial score (nSPS) is 20.7. The van der Waals surface area contributed by atoms with Crippen molar-refractivity contribution in [2.45, 2.75) is 25.7 Å². The SMILES string of the molecule is COc1ccc(NC(=O)c2cccc(N3C(=O)[C@@H]4CCCC[C@H]4C3=O)c2)c(OC)c1. The molecule has 1 aliphatic heterocycles. The molecule has 1 saturated carbocycles. The predicted octanol–water partition coefficient (Wildman–Crippen LogP) is 3.64. The second kappa shape index (κ2) is 8.18. The summed E-state index contributed by atoms with van der Waals surface area (Å²) in [6.45, 7) is 0. The highest BCUT2D eigenvalue weighted by atomic mass is 16.5. The minimum absolute atomic E-state index is 0.154. The number of methoxy groups -OCH3 is 2. The van der Waals surface area contributed by atoms with Crippen LogP contribution in [0.15, 0.2) is 42.5 Å². The summed E-state index contributed by atoms with van der Waals surface area (Å²) in [5.41, 5.74) is 1.28. The van der Waals surface area contributed by atoms with Crippen molar-refractivity contribution < 1.29 is 23.9 Å². The summed E-state index contributed by atoms with van der Waals surface area (Å²) in [7, 11) is 3.06. The first-order valence-electron chi connectivity index (χ1n) is 10.0. The lowest BCUT2D eigenvalue weighted by Crippen LogP contribution is -2.31. The van der Waals surface area contributed by atoms with Crippen molar-refractivity contribution in [3.8, 4) is 11.5 Å². The highest BCUT2D eigenvalue weighted by Crippen LogP contribution is 2.40. The number of hydrogen-bond acceptors (Lipinski definition) is 5. The molecule has 0 unspecified atom stereocenters. The zero-order chi connectivity index (χ0) is 21.3. The van der Waals surface area contributed by atoms with E-state index in [1.54, 1.807) is 49.6 Å². The Morgan fingerprint density at radius 1 is 0.967 bits per heavy atom. The fourth-order valence-electron chi connectivity index (χ4n) is 4.30. The average molecular weight is 408 g/mol. The quantitative estimate of drug-likeness (QED) is 0.764. The lowest BCUT2D eigenvalue weighted by molar-refractivity contribution is -0.122. The molecular formula is C23H24N2O5. The lowest BCUT2D eigenvalue weighted by atomic mass is 9.81. The Labute approximate surface area is 175 Å². The molecule has 2 atom stereocenters. The number of amides is 3. The van der Waals surface area contributed by atoms with Crippen molar-refractivity contribution in [1.29, 1.82) is 0 Å². The summed E-state index contributed by atoms with van der Waals surface area (Å²) in [4.78, 5) is 39.8. The average Bonchev–Trinajstić information content (AvgIpc) is 3.04. The number of fused-ring (bicyclic) bond motifs is 1. The molecule has 30 heavy (non-hydrogen) atoms. The van der Waals surface area contributed by atoms with E-state index >= 15 is 0 Å². The fourth-order valence-corrected chi connectivity index (χ4v) is 4.30. The predicted molar refractivity (Wildman–Crippen MR) is 112 cm³/mol. The molecule has 2 fully saturated rings. The minimum atomic E-state index is -0.364. The molecule has 1 aliphatic carbocycles. The second-order valence-electron chi connectivity index (χ2n) is 7.58. The molecule has 2 aromatic carbocycles. The van der Waals surface area contributed by atoms with Gasteiger partial charge in [0, 0.05) is 11.6 Å². The van der Waals surface area contributed by atoms with Crippen LogP contribution in [0.3, 0.4) is 0 Å². The van der Waals surface area contributed by atoms with Gasteiger partial charge in [-0.05, 0) is 43.2 Å². The van der Waals surface area contributed by atoms with Gasteiger partial charge in [0.2, 0.25) is 11.8 Å². The molecule has 2 aliphatic rings. The van der Waals surface area contributed by atoms with E-state index in [-0.39, 0.29) is 29.6 Å². The van der Waals surface area contributed by atoms with E-state index in [4.69, 9.17) is 9.47 Å². The van der Waals surface area contributed by atoms with Crippen molar-refractivity contribution in [2.24, 2.45) is 11.8 Å². The summed E-state index contributed by atoms with van der Waals surface area (Å²) in [5.74, 6) is -0.0539. The number of nitrogens with one attached hydrogen (secondary N) is 1. The largest absolute Gasteiger partial charge is 0.497 e. The van der Waals surface area contributed by atoms with E-state index in [0.29, 0.717) is 28.4 Å². The Morgan fingerprint density at radius 3 is 2.30 bits per heavy atom. The summed E-state index contributed by atoms with van der Waals surface area (Å²) in [6, 6.07) is 11.7. The van der Waals surface area contributed by atoms with Crippen LogP contribution < -0.4 is 19.7 Å². The first-order chi connectivity index (χ1) is 14.5. The summed E-state index contributed by atoms with van der Waals surface area (Å²) >= 11 is 0. The Balaban J connectivity index is 1.57. The fraction of sp³-hybridized carbons (Fsp3) is 0.348. The molecule has 4 rings (SSSR count). The number of anilines is 2. The van der Waals surface area contributed by atoms with Gasteiger partial charge in [0.25, 0.3) is 5.91 Å². The van der Waals surface area contributed by atoms with Gasteiger partial charge in [0.15, 0.2) is 0 Å². The molecule has 7 heteroatoms.